The van der Waals surface area contributed by atoms with E-state index in [1.807, 2.05) is 0 Å². The van der Waals surface area contributed by atoms with Crippen molar-refractivity contribution in [1.29, 1.82) is 0 Å². The van der Waals surface area contributed by atoms with Crippen LogP contribution in [0.5, 0.6) is 0 Å². The van der Waals surface area contributed by atoms with Crippen LogP contribution in [0.4, 0.5) is 0 Å². The predicted molar refractivity (Wildman–Crippen MR) is 109 cm³/mol. The first-order chi connectivity index (χ1) is 13.0. The van der Waals surface area contributed by atoms with Crippen LogP contribution in [0.2, 0.25) is 0 Å². The molecule has 0 aliphatic carbocycles. The number of carboxylic acids is 2. The second kappa shape index (κ2) is 12.9. The molecule has 0 radical (unpaired) electrons. The number of carbonyl (C=O) groups is 2. The molecule has 164 valence electrons. The summed E-state index contributed by atoms with van der Waals surface area (Å²) < 4.78 is 30.9. The molecule has 7 nitrogen and oxygen atoms in total. The number of hydrogen-bond acceptors (Lipinski definition) is 4. The highest BCUT2D eigenvalue weighted by Gasteiger charge is 2.58. The average Bonchev–Trinajstić information content (AvgIpc) is 2.56. The third-order valence-corrected chi connectivity index (χ3v) is 6.72. The summed E-state index contributed by atoms with van der Waals surface area (Å²) in [6, 6.07) is 0. The van der Waals surface area contributed by atoms with Crippen molar-refractivity contribution in [2.75, 3.05) is 0 Å². The second-order valence-electron chi connectivity index (χ2n) is 7.65. The SMILES string of the molecule is C=C(C)CC(C(=O)O)C(CCCCCCCCCCCC)(C(=O)O)S(=O)(=O)O. The van der Waals surface area contributed by atoms with Crippen molar-refractivity contribution in [2.45, 2.75) is 95.6 Å². The van der Waals surface area contributed by atoms with Crippen molar-refractivity contribution in [3.8, 4) is 0 Å². The quantitative estimate of drug-likeness (QED) is 0.177. The van der Waals surface area contributed by atoms with E-state index in [9.17, 15) is 32.8 Å². The Morgan fingerprint density at radius 3 is 1.68 bits per heavy atom. The van der Waals surface area contributed by atoms with E-state index in [1.54, 1.807) is 0 Å². The van der Waals surface area contributed by atoms with Crippen LogP contribution in [0, 0.1) is 5.92 Å². The van der Waals surface area contributed by atoms with Gasteiger partial charge in [-0.15, -0.1) is 6.58 Å². The van der Waals surface area contributed by atoms with Crippen molar-refractivity contribution >= 4 is 22.1 Å². The third-order valence-electron chi connectivity index (χ3n) is 5.14. The molecule has 0 aliphatic heterocycles. The third kappa shape index (κ3) is 8.31. The minimum Gasteiger partial charge on any atom is -0.481 e. The largest absolute Gasteiger partial charge is 0.481 e. The number of rotatable bonds is 17. The Hall–Kier alpha value is -1.41. The molecule has 28 heavy (non-hydrogen) atoms. The first kappa shape index (κ1) is 26.6. The molecule has 0 fully saturated rings. The molecule has 0 aromatic carbocycles. The average molecular weight is 421 g/mol. The lowest BCUT2D eigenvalue weighted by molar-refractivity contribution is -0.152. The van der Waals surface area contributed by atoms with E-state index in [-0.39, 0.29) is 12.8 Å². The molecule has 0 amide bonds. The molecule has 8 heteroatoms. The number of unbranched alkanes of at least 4 members (excludes halogenated alkanes) is 9. The van der Waals surface area contributed by atoms with Gasteiger partial charge in [0.2, 0.25) is 4.75 Å². The Morgan fingerprint density at radius 2 is 1.36 bits per heavy atom. The maximum atomic E-state index is 12.0. The molecule has 0 spiro atoms. The highest BCUT2D eigenvalue weighted by Crippen LogP contribution is 2.37. The van der Waals surface area contributed by atoms with E-state index in [0.29, 0.717) is 12.0 Å². The number of allylic oxidation sites excluding steroid dienone is 1. The molecule has 0 saturated heterocycles. The molecule has 0 aromatic heterocycles. The number of hydrogen-bond donors (Lipinski definition) is 3. The Kier molecular flexibility index (Phi) is 12.3. The van der Waals surface area contributed by atoms with Gasteiger partial charge in [0.15, 0.2) is 0 Å². The fraction of sp³-hybridized carbons (Fsp3) is 0.800. The fourth-order valence-electron chi connectivity index (χ4n) is 3.52. The monoisotopic (exact) mass is 420 g/mol. The van der Waals surface area contributed by atoms with Gasteiger partial charge in [0.1, 0.15) is 0 Å². The van der Waals surface area contributed by atoms with Crippen molar-refractivity contribution in [1.82, 2.24) is 0 Å². The van der Waals surface area contributed by atoms with E-state index in [2.05, 4.69) is 13.5 Å². The van der Waals surface area contributed by atoms with Crippen molar-refractivity contribution < 1.29 is 32.8 Å². The predicted octanol–water partition coefficient (Wildman–Crippen LogP) is 4.68. The molecule has 0 aliphatic rings. The minimum absolute atomic E-state index is 0.210. The first-order valence-electron chi connectivity index (χ1n) is 10.1. The summed E-state index contributed by atoms with van der Waals surface area (Å²) in [7, 11) is -5.15. The van der Waals surface area contributed by atoms with Crippen LogP contribution in [0.25, 0.3) is 0 Å². The van der Waals surface area contributed by atoms with Gasteiger partial charge in [0, 0.05) is 0 Å². The van der Waals surface area contributed by atoms with E-state index in [1.165, 1.54) is 32.6 Å². The van der Waals surface area contributed by atoms with Gasteiger partial charge in [-0.25, -0.2) is 0 Å². The van der Waals surface area contributed by atoms with Gasteiger partial charge < -0.3 is 10.2 Å². The Bertz CT molecular complexity index is 612. The standard InChI is InChI=1S/C20H36O7S/c1-4-5-6-7-8-9-10-11-12-13-14-20(19(23)24,28(25,26)27)17(18(21)22)15-16(2)3/h17H,2,4-15H2,1,3H3,(H,21,22)(H,23,24)(H,25,26,27). The van der Waals surface area contributed by atoms with E-state index in [4.69, 9.17) is 0 Å². The van der Waals surface area contributed by atoms with Gasteiger partial charge in [-0.3, -0.25) is 14.1 Å². The van der Waals surface area contributed by atoms with Crippen LogP contribution < -0.4 is 0 Å². The van der Waals surface area contributed by atoms with Crippen LogP contribution in [0.1, 0.15) is 90.9 Å². The lowest BCUT2D eigenvalue weighted by Gasteiger charge is -2.32. The van der Waals surface area contributed by atoms with E-state index in [0.717, 1.165) is 25.7 Å². The first-order valence-corrected chi connectivity index (χ1v) is 11.5. The molecular weight excluding hydrogens is 384 g/mol. The van der Waals surface area contributed by atoms with Crippen molar-refractivity contribution in [3.63, 3.8) is 0 Å². The normalized spacial score (nSPS) is 15.0. The summed E-state index contributed by atoms with van der Waals surface area (Å²) in [5, 5.41) is 19.1. The van der Waals surface area contributed by atoms with Gasteiger partial charge in [-0.05, 0) is 19.8 Å². The van der Waals surface area contributed by atoms with Crippen molar-refractivity contribution in [2.24, 2.45) is 5.92 Å². The summed E-state index contributed by atoms with van der Waals surface area (Å²) in [4.78, 5) is 23.5. The van der Waals surface area contributed by atoms with Gasteiger partial charge in [0.05, 0.1) is 5.92 Å². The fourth-order valence-corrected chi connectivity index (χ4v) is 4.69. The Balaban J connectivity index is 4.92. The zero-order valence-corrected chi connectivity index (χ0v) is 18.0. The van der Waals surface area contributed by atoms with Gasteiger partial charge in [-0.1, -0.05) is 76.7 Å². The summed E-state index contributed by atoms with van der Waals surface area (Å²) in [6.45, 7) is 7.21. The number of carboxylic acid groups (broad SMARTS) is 2. The highest BCUT2D eigenvalue weighted by atomic mass is 32.2. The van der Waals surface area contributed by atoms with Crippen LogP contribution in [0.3, 0.4) is 0 Å². The van der Waals surface area contributed by atoms with Crippen LogP contribution in [0.15, 0.2) is 12.2 Å². The Labute approximate surface area is 169 Å². The van der Waals surface area contributed by atoms with E-state index >= 15 is 0 Å². The Morgan fingerprint density at radius 1 is 0.929 bits per heavy atom. The molecule has 2 unspecified atom stereocenters. The van der Waals surface area contributed by atoms with Gasteiger partial charge in [-0.2, -0.15) is 8.42 Å². The molecule has 0 aromatic rings. The van der Waals surface area contributed by atoms with Crippen LogP contribution >= 0.6 is 0 Å². The summed E-state index contributed by atoms with van der Waals surface area (Å²) in [5.74, 6) is -5.20. The zero-order valence-electron chi connectivity index (χ0n) is 17.2. The minimum atomic E-state index is -5.15. The number of aliphatic carboxylic acids is 2. The van der Waals surface area contributed by atoms with Crippen LogP contribution in [-0.2, 0) is 19.7 Å². The topological polar surface area (TPSA) is 129 Å². The van der Waals surface area contributed by atoms with Crippen LogP contribution in [-0.4, -0.2) is 39.9 Å². The summed E-state index contributed by atoms with van der Waals surface area (Å²) >= 11 is 0. The zero-order chi connectivity index (χ0) is 21.8. The maximum Gasteiger partial charge on any atom is 0.328 e. The molecule has 0 heterocycles. The van der Waals surface area contributed by atoms with E-state index < -0.39 is 39.1 Å². The molecular formula is C20H36O7S. The van der Waals surface area contributed by atoms with Gasteiger partial charge >= 0.3 is 11.9 Å². The maximum absolute atomic E-state index is 12.0. The highest BCUT2D eigenvalue weighted by molar-refractivity contribution is 7.88. The second-order valence-corrected chi connectivity index (χ2v) is 9.33. The summed E-state index contributed by atoms with van der Waals surface area (Å²) in [5.41, 5.74) is 0.338. The molecule has 2 atom stereocenters. The molecule has 3 N–H and O–H groups in total. The smallest absolute Gasteiger partial charge is 0.328 e. The lowest BCUT2D eigenvalue weighted by atomic mass is 9.82. The lowest BCUT2D eigenvalue weighted by Crippen LogP contribution is -2.55. The molecule has 0 rings (SSSR count). The van der Waals surface area contributed by atoms with Gasteiger partial charge in [0.25, 0.3) is 10.1 Å². The van der Waals surface area contributed by atoms with Crippen molar-refractivity contribution in [3.05, 3.63) is 12.2 Å². The summed E-state index contributed by atoms with van der Waals surface area (Å²) in [6.07, 6.45) is 8.86. The molecule has 0 saturated carbocycles. The molecule has 0 bridgehead atoms.